The van der Waals surface area contributed by atoms with Crippen LogP contribution in [0.25, 0.3) is 0 Å². The maximum Gasteiger partial charge on any atom is 0.255 e. The van der Waals surface area contributed by atoms with Crippen molar-refractivity contribution in [2.45, 2.75) is 6.42 Å². The monoisotopic (exact) mass is 257 g/mol. The minimum absolute atomic E-state index is 0.133. The smallest absolute Gasteiger partial charge is 0.255 e. The first-order valence-corrected chi connectivity index (χ1v) is 6.02. The lowest BCUT2D eigenvalue weighted by Crippen LogP contribution is -2.13. The van der Waals surface area contributed by atoms with Crippen molar-refractivity contribution < 1.29 is 9.18 Å². The van der Waals surface area contributed by atoms with Crippen LogP contribution in [0.2, 0.25) is 0 Å². The van der Waals surface area contributed by atoms with E-state index in [0.29, 0.717) is 5.56 Å². The number of carbonyl (C=O) groups is 1. The fraction of sp³-hybridized carbons (Fsp3) is 0.143. The lowest BCUT2D eigenvalue weighted by atomic mass is 10.1. The molecule has 0 atom stereocenters. The molecule has 1 aliphatic heterocycles. The molecule has 2 aromatic rings. The van der Waals surface area contributed by atoms with Crippen LogP contribution < -0.4 is 10.6 Å². The normalized spacial score (nSPS) is 12.7. The topological polar surface area (TPSA) is 54.0 Å². The summed E-state index contributed by atoms with van der Waals surface area (Å²) < 4.78 is 13.4. The highest BCUT2D eigenvalue weighted by molar-refractivity contribution is 6.05. The van der Waals surface area contributed by atoms with Gasteiger partial charge < -0.3 is 10.6 Å². The van der Waals surface area contributed by atoms with E-state index < -0.39 is 5.82 Å². The van der Waals surface area contributed by atoms with Gasteiger partial charge in [0.15, 0.2) is 5.82 Å². The molecule has 2 N–H and O–H groups in total. The van der Waals surface area contributed by atoms with Crippen LogP contribution in [-0.4, -0.2) is 17.4 Å². The molecule has 0 fully saturated rings. The minimum atomic E-state index is -0.546. The Morgan fingerprint density at radius 3 is 3.11 bits per heavy atom. The van der Waals surface area contributed by atoms with Crippen molar-refractivity contribution in [1.29, 1.82) is 0 Å². The Kier molecular flexibility index (Phi) is 2.87. The van der Waals surface area contributed by atoms with Gasteiger partial charge in [-0.2, -0.15) is 0 Å². The number of halogens is 1. The fourth-order valence-corrected chi connectivity index (χ4v) is 2.10. The van der Waals surface area contributed by atoms with E-state index in [-0.39, 0.29) is 11.6 Å². The Balaban J connectivity index is 1.83. The molecule has 96 valence electrons. The number of benzene rings is 1. The average Bonchev–Trinajstić information content (AvgIpc) is 2.88. The number of nitrogens with one attached hydrogen (secondary N) is 2. The number of nitrogens with zero attached hydrogens (tertiary/aromatic N) is 1. The number of carbonyl (C=O) groups excluding carboxylic acids is 1. The summed E-state index contributed by atoms with van der Waals surface area (Å²) in [5, 5.41) is 5.74. The lowest BCUT2D eigenvalue weighted by Gasteiger charge is -2.07. The molecule has 19 heavy (non-hydrogen) atoms. The van der Waals surface area contributed by atoms with Crippen molar-refractivity contribution in [1.82, 2.24) is 4.98 Å². The highest BCUT2D eigenvalue weighted by atomic mass is 19.1. The predicted molar refractivity (Wildman–Crippen MR) is 70.8 cm³/mol. The molecule has 1 aromatic heterocycles. The average molecular weight is 257 g/mol. The van der Waals surface area contributed by atoms with Crippen molar-refractivity contribution in [3.05, 3.63) is 53.6 Å². The number of hydrogen-bond acceptors (Lipinski definition) is 3. The second-order valence-electron chi connectivity index (χ2n) is 4.36. The Morgan fingerprint density at radius 2 is 2.26 bits per heavy atom. The SMILES string of the molecule is O=C(Nc1ccncc1F)c1ccc2c(c1)NCC2. The van der Waals surface area contributed by atoms with Gasteiger partial charge in [0.1, 0.15) is 0 Å². The van der Waals surface area contributed by atoms with Gasteiger partial charge in [0, 0.05) is 24.0 Å². The summed E-state index contributed by atoms with van der Waals surface area (Å²) in [6, 6.07) is 6.89. The Bertz CT molecular complexity index is 642. The van der Waals surface area contributed by atoms with Gasteiger partial charge in [-0.3, -0.25) is 9.78 Å². The van der Waals surface area contributed by atoms with E-state index in [1.54, 1.807) is 12.1 Å². The fourth-order valence-electron chi connectivity index (χ4n) is 2.10. The molecule has 3 rings (SSSR count). The summed E-state index contributed by atoms with van der Waals surface area (Å²) in [6.45, 7) is 0.888. The van der Waals surface area contributed by atoms with Gasteiger partial charge in [-0.25, -0.2) is 4.39 Å². The molecule has 1 aliphatic rings. The van der Waals surface area contributed by atoms with Gasteiger partial charge in [0.25, 0.3) is 5.91 Å². The van der Waals surface area contributed by atoms with Gasteiger partial charge in [0.2, 0.25) is 0 Å². The third-order valence-electron chi connectivity index (χ3n) is 3.10. The van der Waals surface area contributed by atoms with Crippen LogP contribution in [0.3, 0.4) is 0 Å². The van der Waals surface area contributed by atoms with E-state index in [1.807, 2.05) is 6.07 Å². The lowest BCUT2D eigenvalue weighted by molar-refractivity contribution is 0.102. The molecule has 4 nitrogen and oxygen atoms in total. The molecular weight excluding hydrogens is 245 g/mol. The molecule has 0 bridgehead atoms. The van der Waals surface area contributed by atoms with E-state index in [2.05, 4.69) is 15.6 Å². The Labute approximate surface area is 109 Å². The van der Waals surface area contributed by atoms with Gasteiger partial charge in [-0.15, -0.1) is 0 Å². The van der Waals surface area contributed by atoms with Gasteiger partial charge >= 0.3 is 0 Å². The molecule has 1 aromatic carbocycles. The number of amides is 1. The summed E-state index contributed by atoms with van der Waals surface area (Å²) in [5.74, 6) is -0.878. The van der Waals surface area contributed by atoms with Crippen LogP contribution in [0.5, 0.6) is 0 Å². The van der Waals surface area contributed by atoms with Crippen molar-refractivity contribution in [3.8, 4) is 0 Å². The number of aromatic nitrogens is 1. The largest absolute Gasteiger partial charge is 0.384 e. The van der Waals surface area contributed by atoms with Crippen molar-refractivity contribution in [2.75, 3.05) is 17.2 Å². The highest BCUT2D eigenvalue weighted by Gasteiger charge is 2.14. The van der Waals surface area contributed by atoms with Crippen LogP contribution in [0, 0.1) is 5.82 Å². The standard InChI is InChI=1S/C14H12FN3O/c15-11-8-16-5-4-12(11)18-14(19)10-2-1-9-3-6-17-13(9)7-10/h1-2,4-5,7-8,17H,3,6H2,(H,16,18,19). The van der Waals surface area contributed by atoms with Crippen molar-refractivity contribution in [2.24, 2.45) is 0 Å². The van der Waals surface area contributed by atoms with Crippen LogP contribution in [0.15, 0.2) is 36.7 Å². The third kappa shape index (κ3) is 2.27. The molecule has 0 aliphatic carbocycles. The molecule has 1 amide bonds. The molecule has 5 heteroatoms. The van der Waals surface area contributed by atoms with Gasteiger partial charge in [0.05, 0.1) is 11.9 Å². The summed E-state index contributed by atoms with van der Waals surface area (Å²) in [7, 11) is 0. The molecule has 0 spiro atoms. The molecule has 2 heterocycles. The van der Waals surface area contributed by atoms with E-state index in [4.69, 9.17) is 0 Å². The zero-order valence-corrected chi connectivity index (χ0v) is 10.1. The van der Waals surface area contributed by atoms with Crippen molar-refractivity contribution in [3.63, 3.8) is 0 Å². The van der Waals surface area contributed by atoms with Gasteiger partial charge in [-0.1, -0.05) is 6.07 Å². The summed E-state index contributed by atoms with van der Waals surface area (Å²) in [5.41, 5.74) is 2.81. The summed E-state index contributed by atoms with van der Waals surface area (Å²) >= 11 is 0. The van der Waals surface area contributed by atoms with Crippen molar-refractivity contribution >= 4 is 17.3 Å². The zero-order valence-electron chi connectivity index (χ0n) is 10.1. The van der Waals surface area contributed by atoms with E-state index in [9.17, 15) is 9.18 Å². The van der Waals surface area contributed by atoms with E-state index in [1.165, 1.54) is 17.8 Å². The number of pyridine rings is 1. The second kappa shape index (κ2) is 4.68. The first-order chi connectivity index (χ1) is 9.24. The Morgan fingerprint density at radius 1 is 1.37 bits per heavy atom. The van der Waals surface area contributed by atoms with Crippen LogP contribution in [0.4, 0.5) is 15.8 Å². The zero-order chi connectivity index (χ0) is 13.2. The molecular formula is C14H12FN3O. The molecule has 0 radical (unpaired) electrons. The summed E-state index contributed by atoms with van der Waals surface area (Å²) in [4.78, 5) is 15.7. The first-order valence-electron chi connectivity index (χ1n) is 6.02. The quantitative estimate of drug-likeness (QED) is 0.868. The minimum Gasteiger partial charge on any atom is -0.384 e. The number of rotatable bonds is 2. The van der Waals surface area contributed by atoms with Gasteiger partial charge in [-0.05, 0) is 30.2 Å². The van der Waals surface area contributed by atoms with Crippen LogP contribution >= 0.6 is 0 Å². The molecule has 0 saturated heterocycles. The maximum absolute atomic E-state index is 13.4. The van der Waals surface area contributed by atoms with E-state index >= 15 is 0 Å². The summed E-state index contributed by atoms with van der Waals surface area (Å²) in [6.07, 6.45) is 3.47. The Hall–Kier alpha value is -2.43. The van der Waals surface area contributed by atoms with E-state index in [0.717, 1.165) is 24.8 Å². The highest BCUT2D eigenvalue weighted by Crippen LogP contribution is 2.23. The maximum atomic E-state index is 13.4. The van der Waals surface area contributed by atoms with Crippen LogP contribution in [0.1, 0.15) is 15.9 Å². The predicted octanol–water partition coefficient (Wildman–Crippen LogP) is 2.44. The number of fused-ring (bicyclic) bond motifs is 1. The van der Waals surface area contributed by atoms with Crippen LogP contribution in [-0.2, 0) is 6.42 Å². The molecule has 0 saturated carbocycles. The third-order valence-corrected chi connectivity index (χ3v) is 3.10. The molecule has 0 unspecified atom stereocenters. The second-order valence-corrected chi connectivity index (χ2v) is 4.36. The first kappa shape index (κ1) is 11.6. The number of anilines is 2. The number of hydrogen-bond donors (Lipinski definition) is 2.